The molecule has 4 heteroatoms. The monoisotopic (exact) mass is 339 g/mol. The molecule has 1 heterocycles. The summed E-state index contributed by atoms with van der Waals surface area (Å²) in [6.45, 7) is 0.502. The van der Waals surface area contributed by atoms with Gasteiger partial charge in [0.05, 0.1) is 18.2 Å². The third-order valence-electron chi connectivity index (χ3n) is 4.83. The van der Waals surface area contributed by atoms with Gasteiger partial charge in [-0.15, -0.1) is 0 Å². The molecule has 4 aromatic rings. The van der Waals surface area contributed by atoms with Crippen LogP contribution in [0.1, 0.15) is 0 Å². The van der Waals surface area contributed by atoms with Gasteiger partial charge in [-0.1, -0.05) is 48.5 Å². The summed E-state index contributed by atoms with van der Waals surface area (Å²) in [4.78, 5) is 4.87. The highest BCUT2D eigenvalue weighted by molar-refractivity contribution is 6.07. The molecule has 4 nitrogen and oxygen atoms in total. The molecule has 0 radical (unpaired) electrons. The smallest absolute Gasteiger partial charge is 0.132 e. The minimum Gasteiger partial charge on any atom is -0.497 e. The summed E-state index contributed by atoms with van der Waals surface area (Å²) in [5.41, 5.74) is 0.998. The molecular weight excluding hydrogens is 322 g/mol. The van der Waals surface area contributed by atoms with Gasteiger partial charge in [-0.3, -0.25) is 4.99 Å². The second kappa shape index (κ2) is 5.85. The number of anilines is 1. The summed E-state index contributed by atoms with van der Waals surface area (Å²) in [6.07, 6.45) is 0. The average molecular weight is 339 g/mol. The molecule has 0 atom stereocenters. The number of ether oxygens (including phenoxy) is 1. The van der Waals surface area contributed by atoms with E-state index in [-0.39, 0.29) is 0 Å². The van der Waals surface area contributed by atoms with Crippen LogP contribution in [0.4, 0.5) is 5.69 Å². The first kappa shape index (κ1) is 14.9. The lowest BCUT2D eigenvalue weighted by molar-refractivity contribution is 0.415. The Balaban J connectivity index is 1.80. The Morgan fingerprint density at radius 1 is 0.731 bits per heavy atom. The van der Waals surface area contributed by atoms with Crippen molar-refractivity contribution < 1.29 is 4.74 Å². The fourth-order valence-corrected chi connectivity index (χ4v) is 3.55. The van der Waals surface area contributed by atoms with Gasteiger partial charge in [-0.05, 0) is 35.0 Å². The van der Waals surface area contributed by atoms with Crippen LogP contribution >= 0.6 is 0 Å². The zero-order valence-corrected chi connectivity index (χ0v) is 14.4. The van der Waals surface area contributed by atoms with Gasteiger partial charge < -0.3 is 4.74 Å². The zero-order valence-electron chi connectivity index (χ0n) is 14.4. The van der Waals surface area contributed by atoms with Gasteiger partial charge in [-0.25, -0.2) is 5.01 Å². The first-order valence-corrected chi connectivity index (χ1v) is 8.59. The van der Waals surface area contributed by atoms with Crippen LogP contribution in [0.15, 0.2) is 82.9 Å². The Morgan fingerprint density at radius 3 is 1.92 bits per heavy atom. The molecule has 126 valence electrons. The van der Waals surface area contributed by atoms with E-state index < -0.39 is 0 Å². The van der Waals surface area contributed by atoms with Crippen LogP contribution in [0.5, 0.6) is 5.75 Å². The van der Waals surface area contributed by atoms with Crippen LogP contribution in [0.25, 0.3) is 21.5 Å². The van der Waals surface area contributed by atoms with Crippen molar-refractivity contribution in [1.82, 2.24) is 0 Å². The topological polar surface area (TPSA) is 37.2 Å². The van der Waals surface area contributed by atoms with E-state index in [1.165, 1.54) is 10.8 Å². The van der Waals surface area contributed by atoms with Gasteiger partial charge in [0, 0.05) is 10.8 Å². The molecule has 0 amide bonds. The van der Waals surface area contributed by atoms with Gasteiger partial charge in [0.1, 0.15) is 17.8 Å². The molecule has 4 aromatic carbocycles. The van der Waals surface area contributed by atoms with E-state index in [2.05, 4.69) is 48.5 Å². The first-order chi connectivity index (χ1) is 12.8. The maximum absolute atomic E-state index is 5.25. The predicted octanol–water partition coefficient (Wildman–Crippen LogP) is 3.63. The standard InChI is InChI=1S/C22H17N3O/c1-26-16-12-10-15(11-13-16)25-14-23-21-19-8-4-2-6-17(19)18-7-3-5-9-20(18)22(21)24-25/h2-13H,14H2,1H3. The van der Waals surface area contributed by atoms with Crippen LogP contribution in [0, 0.1) is 0 Å². The number of fused-ring (bicyclic) bond motifs is 6. The van der Waals surface area contributed by atoms with Gasteiger partial charge in [0.15, 0.2) is 0 Å². The molecule has 0 saturated heterocycles. The van der Waals surface area contributed by atoms with Crippen molar-refractivity contribution in [2.24, 2.45) is 10.1 Å². The van der Waals surface area contributed by atoms with Gasteiger partial charge in [0.2, 0.25) is 0 Å². The van der Waals surface area contributed by atoms with E-state index in [0.29, 0.717) is 6.67 Å². The fraction of sp³-hybridized carbons (Fsp3) is 0.0909. The second-order valence-electron chi connectivity index (χ2n) is 6.29. The predicted molar refractivity (Wildman–Crippen MR) is 104 cm³/mol. The lowest BCUT2D eigenvalue weighted by Gasteiger charge is -2.20. The molecule has 0 saturated carbocycles. The van der Waals surface area contributed by atoms with E-state index in [9.17, 15) is 0 Å². The summed E-state index contributed by atoms with van der Waals surface area (Å²) in [5.74, 6) is 0.833. The van der Waals surface area contributed by atoms with E-state index in [4.69, 9.17) is 14.8 Å². The molecule has 26 heavy (non-hydrogen) atoms. The largest absolute Gasteiger partial charge is 0.497 e. The van der Waals surface area contributed by atoms with Crippen molar-refractivity contribution in [1.29, 1.82) is 0 Å². The molecule has 0 aromatic heterocycles. The van der Waals surface area contributed by atoms with E-state index in [1.54, 1.807) is 7.11 Å². The third kappa shape index (κ3) is 2.23. The van der Waals surface area contributed by atoms with Crippen molar-refractivity contribution in [3.63, 3.8) is 0 Å². The quantitative estimate of drug-likeness (QED) is 0.523. The number of hydrogen-bond donors (Lipinski definition) is 0. The summed E-state index contributed by atoms with van der Waals surface area (Å²) in [5, 5.41) is 13.5. The third-order valence-corrected chi connectivity index (χ3v) is 4.83. The van der Waals surface area contributed by atoms with E-state index in [1.807, 2.05) is 29.3 Å². The Hall–Kier alpha value is -3.40. The van der Waals surface area contributed by atoms with E-state index >= 15 is 0 Å². The maximum atomic E-state index is 5.25. The molecule has 0 fully saturated rings. The van der Waals surface area contributed by atoms with Crippen molar-refractivity contribution in [3.8, 4) is 5.75 Å². The van der Waals surface area contributed by atoms with Crippen molar-refractivity contribution in [3.05, 3.63) is 83.5 Å². The second-order valence-corrected chi connectivity index (χ2v) is 6.29. The van der Waals surface area contributed by atoms with Crippen LogP contribution in [-0.4, -0.2) is 13.8 Å². The molecule has 0 N–H and O–H groups in total. The van der Waals surface area contributed by atoms with Crippen LogP contribution < -0.4 is 20.5 Å². The van der Waals surface area contributed by atoms with Gasteiger partial charge in [-0.2, -0.15) is 5.10 Å². The highest BCUT2D eigenvalue weighted by atomic mass is 16.5. The van der Waals surface area contributed by atoms with Crippen molar-refractivity contribution >= 4 is 27.2 Å². The zero-order chi connectivity index (χ0) is 17.5. The minimum atomic E-state index is 0.502. The molecule has 1 aliphatic heterocycles. The summed E-state index contributed by atoms with van der Waals surface area (Å²) in [6, 6.07) is 24.7. The van der Waals surface area contributed by atoms with Gasteiger partial charge in [0.25, 0.3) is 0 Å². The lowest BCUT2D eigenvalue weighted by atomic mass is 10.0. The van der Waals surface area contributed by atoms with E-state index in [0.717, 1.165) is 32.9 Å². The Morgan fingerprint density at radius 2 is 1.31 bits per heavy atom. The Kier molecular flexibility index (Phi) is 3.35. The molecular formula is C22H17N3O. The number of nitrogens with zero attached hydrogens (tertiary/aromatic N) is 3. The van der Waals surface area contributed by atoms with Crippen LogP contribution in [-0.2, 0) is 0 Å². The van der Waals surface area contributed by atoms with Gasteiger partial charge >= 0.3 is 0 Å². The highest BCUT2D eigenvalue weighted by Crippen LogP contribution is 2.23. The van der Waals surface area contributed by atoms with Crippen LogP contribution in [0.3, 0.4) is 0 Å². The summed E-state index contributed by atoms with van der Waals surface area (Å²) >= 11 is 0. The number of hydrogen-bond acceptors (Lipinski definition) is 4. The average Bonchev–Trinajstić information content (AvgIpc) is 2.74. The first-order valence-electron chi connectivity index (χ1n) is 8.59. The molecule has 1 aliphatic rings. The summed E-state index contributed by atoms with van der Waals surface area (Å²) < 4.78 is 5.25. The summed E-state index contributed by atoms with van der Waals surface area (Å²) in [7, 11) is 1.67. The number of benzene rings is 4. The Labute approximate surface area is 150 Å². The molecule has 0 aliphatic carbocycles. The molecule has 5 rings (SSSR count). The van der Waals surface area contributed by atoms with Crippen LogP contribution in [0.2, 0.25) is 0 Å². The number of rotatable bonds is 2. The fourth-order valence-electron chi connectivity index (χ4n) is 3.55. The Bertz CT molecular complexity index is 1250. The van der Waals surface area contributed by atoms with Crippen molar-refractivity contribution in [2.75, 3.05) is 18.8 Å². The van der Waals surface area contributed by atoms with Crippen molar-refractivity contribution in [2.45, 2.75) is 0 Å². The number of methoxy groups -OCH3 is 1. The molecule has 0 bridgehead atoms. The normalized spacial score (nSPS) is 13.2. The lowest BCUT2D eigenvalue weighted by Crippen LogP contribution is -2.37. The maximum Gasteiger partial charge on any atom is 0.132 e. The molecule has 0 unspecified atom stereocenters. The highest BCUT2D eigenvalue weighted by Gasteiger charge is 2.13. The minimum absolute atomic E-state index is 0.502. The SMILES string of the molecule is COc1ccc(N2CN=c3c(c4ccccc4c4ccccc34)=N2)cc1. The molecule has 0 spiro atoms.